The van der Waals surface area contributed by atoms with Gasteiger partial charge in [-0.1, -0.05) is 76.8 Å². The largest absolute Gasteiger partial charge is 0.397 e. The molecule has 0 bridgehead atoms. The summed E-state index contributed by atoms with van der Waals surface area (Å²) in [6.07, 6.45) is 16.1. The van der Waals surface area contributed by atoms with Gasteiger partial charge in [-0.2, -0.15) is 8.42 Å². The van der Waals surface area contributed by atoms with E-state index in [9.17, 15) is 8.42 Å². The number of fused-ring (bicyclic) bond motifs is 1. The topological polar surface area (TPSA) is 63.6 Å². The molecule has 0 aliphatic heterocycles. The van der Waals surface area contributed by atoms with Crippen LogP contribution in [-0.2, 0) is 14.6 Å². The Morgan fingerprint density at radius 1 is 1.16 bits per heavy atom. The lowest BCUT2D eigenvalue weighted by Crippen LogP contribution is -2.36. The fourth-order valence-electron chi connectivity index (χ4n) is 6.90. The van der Waals surface area contributed by atoms with Crippen molar-refractivity contribution in [1.82, 2.24) is 0 Å². The van der Waals surface area contributed by atoms with E-state index in [-0.39, 0.29) is 0 Å². The van der Waals surface area contributed by atoms with E-state index in [1.54, 1.807) is 5.57 Å². The summed E-state index contributed by atoms with van der Waals surface area (Å²) in [5.74, 6) is 3.06. The molecule has 0 aromatic rings. The Morgan fingerprint density at radius 3 is 2.59 bits per heavy atom. The van der Waals surface area contributed by atoms with Crippen LogP contribution in [0, 0.1) is 29.1 Å². The van der Waals surface area contributed by atoms with Crippen LogP contribution >= 0.6 is 0 Å². The first kappa shape index (κ1) is 25.7. The zero-order chi connectivity index (χ0) is 23.5. The molecule has 32 heavy (non-hydrogen) atoms. The Hall–Kier alpha value is -0.910. The van der Waals surface area contributed by atoms with Gasteiger partial charge in [-0.3, -0.25) is 4.55 Å². The summed E-state index contributed by atoms with van der Waals surface area (Å²) in [6, 6.07) is 0. The van der Waals surface area contributed by atoms with E-state index in [1.807, 2.05) is 0 Å². The average Bonchev–Trinajstić information content (AvgIpc) is 3.04. The molecule has 0 aromatic heterocycles. The normalized spacial score (nSPS) is 34.9. The summed E-state index contributed by atoms with van der Waals surface area (Å²) in [5, 5.41) is 0. The zero-order valence-corrected chi connectivity index (χ0v) is 21.4. The molecule has 1 N–H and O–H groups in total. The van der Waals surface area contributed by atoms with Gasteiger partial charge < -0.3 is 0 Å². The Balaban J connectivity index is 1.70. The first-order chi connectivity index (χ1) is 15.0. The van der Waals surface area contributed by atoms with Crippen molar-refractivity contribution in [1.29, 1.82) is 0 Å². The highest BCUT2D eigenvalue weighted by molar-refractivity contribution is 7.80. The summed E-state index contributed by atoms with van der Waals surface area (Å²) in [4.78, 5) is 0. The van der Waals surface area contributed by atoms with Crippen LogP contribution in [0.2, 0.25) is 0 Å². The third-order valence-electron chi connectivity index (χ3n) is 8.59. The highest BCUT2D eigenvalue weighted by Crippen LogP contribution is 2.60. The molecular formula is C27H44O4S. The van der Waals surface area contributed by atoms with Crippen molar-refractivity contribution in [2.75, 3.05) is 0 Å². The SMILES string of the molecule is C=C1CC[C@H](OS(=O)(=O)O)C/C1=C\C=C1\CCC[C@]2(C)[C@@H]([C@H](C)CCCC(C)C)CC[C@@H]12. The van der Waals surface area contributed by atoms with Gasteiger partial charge in [0.2, 0.25) is 0 Å². The van der Waals surface area contributed by atoms with E-state index in [2.05, 4.69) is 46.4 Å². The van der Waals surface area contributed by atoms with Crippen LogP contribution in [0.15, 0.2) is 35.5 Å². The lowest BCUT2D eigenvalue weighted by Gasteiger charge is -2.44. The highest BCUT2D eigenvalue weighted by atomic mass is 32.3. The van der Waals surface area contributed by atoms with Gasteiger partial charge in [0.25, 0.3) is 0 Å². The summed E-state index contributed by atoms with van der Waals surface area (Å²) in [5.41, 5.74) is 4.08. The van der Waals surface area contributed by atoms with Crippen LogP contribution < -0.4 is 0 Å². The van der Waals surface area contributed by atoms with Crippen molar-refractivity contribution in [3.05, 3.63) is 35.5 Å². The van der Waals surface area contributed by atoms with E-state index in [0.717, 1.165) is 35.3 Å². The van der Waals surface area contributed by atoms with Crippen LogP contribution in [-0.4, -0.2) is 19.1 Å². The molecule has 0 aromatic carbocycles. The summed E-state index contributed by atoms with van der Waals surface area (Å²) in [6.45, 7) is 13.9. The van der Waals surface area contributed by atoms with Gasteiger partial charge in [-0.25, -0.2) is 4.18 Å². The predicted octanol–water partition coefficient (Wildman–Crippen LogP) is 7.45. The van der Waals surface area contributed by atoms with Gasteiger partial charge in [0, 0.05) is 6.42 Å². The summed E-state index contributed by atoms with van der Waals surface area (Å²) >= 11 is 0. The minimum absolute atomic E-state index is 0.403. The van der Waals surface area contributed by atoms with Gasteiger partial charge in [-0.05, 0) is 79.6 Å². The van der Waals surface area contributed by atoms with Gasteiger partial charge in [0.05, 0.1) is 6.10 Å². The first-order valence-electron chi connectivity index (χ1n) is 12.7. The molecular weight excluding hydrogens is 420 g/mol. The van der Waals surface area contributed by atoms with Crippen molar-refractivity contribution in [3.8, 4) is 0 Å². The molecule has 3 aliphatic rings. The maximum Gasteiger partial charge on any atom is 0.397 e. The van der Waals surface area contributed by atoms with Crippen molar-refractivity contribution < 1.29 is 17.2 Å². The Labute approximate surface area is 196 Å². The van der Waals surface area contributed by atoms with Crippen molar-refractivity contribution in [2.24, 2.45) is 29.1 Å². The molecule has 3 aliphatic carbocycles. The molecule has 3 saturated carbocycles. The van der Waals surface area contributed by atoms with Crippen molar-refractivity contribution in [3.63, 3.8) is 0 Å². The maximum atomic E-state index is 11.1. The van der Waals surface area contributed by atoms with Crippen molar-refractivity contribution in [2.45, 2.75) is 104 Å². The van der Waals surface area contributed by atoms with E-state index in [0.29, 0.717) is 30.6 Å². The Bertz CT molecular complexity index is 838. The van der Waals surface area contributed by atoms with Crippen LogP contribution in [0.25, 0.3) is 0 Å². The van der Waals surface area contributed by atoms with Gasteiger partial charge in [-0.15, -0.1) is 0 Å². The van der Waals surface area contributed by atoms with E-state index in [4.69, 9.17) is 8.74 Å². The van der Waals surface area contributed by atoms with Crippen LogP contribution in [0.5, 0.6) is 0 Å². The highest BCUT2D eigenvalue weighted by Gasteiger charge is 2.50. The van der Waals surface area contributed by atoms with Gasteiger partial charge >= 0.3 is 10.4 Å². The molecule has 5 atom stereocenters. The Morgan fingerprint density at radius 2 is 1.91 bits per heavy atom. The minimum atomic E-state index is -4.42. The number of rotatable bonds is 8. The molecule has 0 heterocycles. The maximum absolute atomic E-state index is 11.1. The van der Waals surface area contributed by atoms with Crippen molar-refractivity contribution >= 4 is 10.4 Å². The third kappa shape index (κ3) is 6.36. The molecule has 0 saturated heterocycles. The second kappa shape index (κ2) is 10.6. The van der Waals surface area contributed by atoms with Crippen LogP contribution in [0.1, 0.15) is 98.3 Å². The number of hydrogen-bond acceptors (Lipinski definition) is 3. The fraction of sp³-hybridized carbons (Fsp3) is 0.778. The van der Waals surface area contributed by atoms with Gasteiger partial charge in [0.1, 0.15) is 0 Å². The second-order valence-corrected chi connectivity index (χ2v) is 12.4. The lowest BCUT2D eigenvalue weighted by molar-refractivity contribution is 0.0929. The monoisotopic (exact) mass is 464 g/mol. The third-order valence-corrected chi connectivity index (χ3v) is 9.11. The summed E-state index contributed by atoms with van der Waals surface area (Å²) < 4.78 is 36.1. The van der Waals surface area contributed by atoms with E-state index < -0.39 is 16.5 Å². The molecule has 4 nitrogen and oxygen atoms in total. The average molecular weight is 465 g/mol. The quantitative estimate of drug-likeness (QED) is 0.379. The molecule has 0 amide bonds. The van der Waals surface area contributed by atoms with Crippen LogP contribution in [0.4, 0.5) is 0 Å². The molecule has 0 radical (unpaired) electrons. The standard InChI is InChI=1S/C27H44O4S/c1-19(2)8-6-9-21(4)25-15-16-26-22(10-7-17-27(25,26)5)12-13-23-18-24(14-11-20(23)3)31-32(28,29)30/h12-13,19,21,24-26H,3,6-11,14-18H2,1-2,4-5H3,(H,28,29,30)/b22-12-,23-13+/t21-,24+,25-,26+,27-/m1/s1. The molecule has 0 spiro atoms. The summed E-state index contributed by atoms with van der Waals surface area (Å²) in [7, 11) is -4.42. The smallest absolute Gasteiger partial charge is 0.264 e. The number of hydrogen-bond donors (Lipinski definition) is 1. The number of allylic oxidation sites excluding steroid dienone is 4. The van der Waals surface area contributed by atoms with Gasteiger partial charge in [0.15, 0.2) is 0 Å². The lowest BCUT2D eigenvalue weighted by atomic mass is 9.60. The predicted molar refractivity (Wildman–Crippen MR) is 132 cm³/mol. The molecule has 3 fully saturated rings. The molecule has 3 rings (SSSR count). The second-order valence-electron chi connectivity index (χ2n) is 11.3. The van der Waals surface area contributed by atoms with E-state index in [1.165, 1.54) is 44.9 Å². The fourth-order valence-corrected chi connectivity index (χ4v) is 7.41. The van der Waals surface area contributed by atoms with E-state index >= 15 is 0 Å². The Kier molecular flexibility index (Phi) is 8.49. The molecule has 182 valence electrons. The van der Waals surface area contributed by atoms with Crippen LogP contribution in [0.3, 0.4) is 0 Å². The molecule has 5 heteroatoms. The molecule has 0 unspecified atom stereocenters. The first-order valence-corrected chi connectivity index (χ1v) is 14.1. The zero-order valence-electron chi connectivity index (χ0n) is 20.6. The minimum Gasteiger partial charge on any atom is -0.264 e.